The van der Waals surface area contributed by atoms with E-state index in [4.69, 9.17) is 23.8 Å². The predicted octanol–water partition coefficient (Wildman–Crippen LogP) is 14.3. The van der Waals surface area contributed by atoms with E-state index in [0.29, 0.717) is 17.5 Å². The fraction of sp³-hybridized carbons (Fsp3) is 0.0556. The molecule has 11 aromatic rings. The van der Waals surface area contributed by atoms with E-state index in [9.17, 15) is 0 Å². The van der Waals surface area contributed by atoms with Gasteiger partial charge in [0.05, 0.1) is 0 Å². The lowest BCUT2D eigenvalue weighted by Crippen LogP contribution is -2.14. The highest BCUT2D eigenvalue weighted by molar-refractivity contribution is 6.14. The lowest BCUT2D eigenvalue weighted by atomic mass is 9.82. The Hall–Kier alpha value is -7.63. The third kappa shape index (κ3) is 5.21. The molecule has 59 heavy (non-hydrogen) atoms. The number of fused-ring (bicyclic) bond motifs is 9. The first-order valence-corrected chi connectivity index (χ1v) is 20.0. The lowest BCUT2D eigenvalue weighted by molar-refractivity contribution is 0.660. The highest BCUT2D eigenvalue weighted by Gasteiger charge is 2.35. The topological polar surface area (TPSA) is 65.0 Å². The van der Waals surface area contributed by atoms with Crippen LogP contribution in [0.1, 0.15) is 25.0 Å². The summed E-state index contributed by atoms with van der Waals surface area (Å²) in [6.07, 6.45) is 0. The highest BCUT2D eigenvalue weighted by atomic mass is 16.3. The van der Waals surface area contributed by atoms with Crippen LogP contribution in [0, 0.1) is 0 Å². The minimum Gasteiger partial charge on any atom is -0.456 e. The number of benzene rings is 8. The van der Waals surface area contributed by atoms with Gasteiger partial charge in [0.15, 0.2) is 17.5 Å². The van der Waals surface area contributed by atoms with E-state index in [1.165, 1.54) is 33.4 Å². The van der Waals surface area contributed by atoms with Crippen molar-refractivity contribution in [2.75, 3.05) is 0 Å². The van der Waals surface area contributed by atoms with Crippen molar-refractivity contribution in [3.63, 3.8) is 0 Å². The van der Waals surface area contributed by atoms with Gasteiger partial charge in [-0.25, -0.2) is 15.0 Å². The molecule has 1 aliphatic carbocycles. The van der Waals surface area contributed by atoms with Crippen molar-refractivity contribution >= 4 is 43.9 Å². The first-order valence-electron chi connectivity index (χ1n) is 20.0. The quantitative estimate of drug-likeness (QED) is 0.175. The monoisotopic (exact) mass is 757 g/mol. The number of rotatable bonds is 5. The Kier molecular flexibility index (Phi) is 7.20. The van der Waals surface area contributed by atoms with E-state index in [1.54, 1.807) is 0 Å². The molecule has 0 radical (unpaired) electrons. The molecule has 0 saturated carbocycles. The van der Waals surface area contributed by atoms with Crippen LogP contribution in [0.4, 0.5) is 0 Å². The van der Waals surface area contributed by atoms with Crippen LogP contribution in [0.25, 0.3) is 111 Å². The fourth-order valence-corrected chi connectivity index (χ4v) is 9.26. The van der Waals surface area contributed by atoms with E-state index in [2.05, 4.69) is 117 Å². The molecule has 278 valence electrons. The van der Waals surface area contributed by atoms with Crippen molar-refractivity contribution in [1.82, 2.24) is 15.0 Å². The Morgan fingerprint density at radius 2 is 0.847 bits per heavy atom. The van der Waals surface area contributed by atoms with Crippen molar-refractivity contribution in [3.8, 4) is 67.5 Å². The number of para-hydroxylation sites is 1. The molecule has 3 aromatic heterocycles. The highest BCUT2D eigenvalue weighted by Crippen LogP contribution is 2.50. The zero-order valence-electron chi connectivity index (χ0n) is 32.4. The summed E-state index contributed by atoms with van der Waals surface area (Å²) in [5.41, 5.74) is 15.8. The van der Waals surface area contributed by atoms with Crippen LogP contribution in [0.15, 0.2) is 185 Å². The molecule has 0 amide bonds. The molecule has 3 heterocycles. The van der Waals surface area contributed by atoms with E-state index in [-0.39, 0.29) is 5.41 Å². The van der Waals surface area contributed by atoms with Crippen LogP contribution in [-0.2, 0) is 5.41 Å². The second kappa shape index (κ2) is 12.7. The molecular weight excluding hydrogens is 723 g/mol. The summed E-state index contributed by atoms with van der Waals surface area (Å²) in [6.45, 7) is 4.65. The smallest absolute Gasteiger partial charge is 0.164 e. The average Bonchev–Trinajstić information content (AvgIpc) is 3.94. The van der Waals surface area contributed by atoms with Gasteiger partial charge in [0.2, 0.25) is 0 Å². The number of hydrogen-bond acceptors (Lipinski definition) is 5. The Morgan fingerprint density at radius 1 is 0.339 bits per heavy atom. The molecule has 0 unspecified atom stereocenters. The van der Waals surface area contributed by atoms with Crippen LogP contribution in [-0.4, -0.2) is 15.0 Å². The molecular formula is C54H35N3O2. The maximum atomic E-state index is 6.53. The van der Waals surface area contributed by atoms with Gasteiger partial charge in [0, 0.05) is 43.7 Å². The predicted molar refractivity (Wildman–Crippen MR) is 239 cm³/mol. The van der Waals surface area contributed by atoms with Crippen LogP contribution in [0.2, 0.25) is 0 Å². The molecule has 0 aliphatic heterocycles. The van der Waals surface area contributed by atoms with Gasteiger partial charge in [-0.2, -0.15) is 0 Å². The lowest BCUT2D eigenvalue weighted by Gasteiger charge is -2.21. The number of furan rings is 2. The maximum Gasteiger partial charge on any atom is 0.164 e. The van der Waals surface area contributed by atoms with Crippen molar-refractivity contribution in [3.05, 3.63) is 187 Å². The van der Waals surface area contributed by atoms with Crippen LogP contribution in [0.3, 0.4) is 0 Å². The van der Waals surface area contributed by atoms with Crippen molar-refractivity contribution in [1.29, 1.82) is 0 Å². The largest absolute Gasteiger partial charge is 0.456 e. The van der Waals surface area contributed by atoms with Crippen LogP contribution < -0.4 is 0 Å². The second-order valence-corrected chi connectivity index (χ2v) is 16.0. The molecule has 0 spiro atoms. The second-order valence-electron chi connectivity index (χ2n) is 16.0. The van der Waals surface area contributed by atoms with Gasteiger partial charge in [-0.15, -0.1) is 0 Å². The summed E-state index contributed by atoms with van der Waals surface area (Å²) in [6, 6.07) is 61.4. The van der Waals surface area contributed by atoms with Gasteiger partial charge in [0.25, 0.3) is 0 Å². The van der Waals surface area contributed by atoms with Gasteiger partial charge in [-0.3, -0.25) is 0 Å². The standard InChI is InChI=1S/C54H35N3O2/c1-54(2)43-21-8-6-17-37(43)41-30-35(25-27-44(41)54)33-15-10-16-34(29-33)36-26-28-46-42(31-36)50-40(20-12-24-48(50)59-46)53-56-51(32-13-4-3-5-14-32)55-52(57-53)39-19-11-23-47-49(39)38-18-7-9-22-45(38)58-47/h3-31H,1-2H3. The van der Waals surface area contributed by atoms with E-state index < -0.39 is 0 Å². The Balaban J connectivity index is 1.01. The first kappa shape index (κ1) is 33.5. The van der Waals surface area contributed by atoms with Crippen molar-refractivity contribution in [2.45, 2.75) is 19.3 Å². The molecule has 0 saturated heterocycles. The van der Waals surface area contributed by atoms with E-state index in [0.717, 1.165) is 71.7 Å². The molecule has 0 fully saturated rings. The van der Waals surface area contributed by atoms with Gasteiger partial charge < -0.3 is 8.83 Å². The minimum absolute atomic E-state index is 0.0251. The molecule has 0 bridgehead atoms. The summed E-state index contributed by atoms with van der Waals surface area (Å²) in [4.78, 5) is 15.5. The van der Waals surface area contributed by atoms with Crippen LogP contribution in [0.5, 0.6) is 0 Å². The Morgan fingerprint density at radius 3 is 1.61 bits per heavy atom. The van der Waals surface area contributed by atoms with Gasteiger partial charge >= 0.3 is 0 Å². The zero-order chi connectivity index (χ0) is 39.2. The van der Waals surface area contributed by atoms with Crippen molar-refractivity contribution < 1.29 is 8.83 Å². The molecule has 5 heteroatoms. The minimum atomic E-state index is -0.0251. The molecule has 1 aliphatic rings. The summed E-state index contributed by atoms with van der Waals surface area (Å²) in [5, 5.41) is 3.96. The van der Waals surface area contributed by atoms with E-state index >= 15 is 0 Å². The third-order valence-electron chi connectivity index (χ3n) is 12.2. The summed E-state index contributed by atoms with van der Waals surface area (Å²) in [7, 11) is 0. The molecule has 5 nitrogen and oxygen atoms in total. The van der Waals surface area contributed by atoms with Gasteiger partial charge in [-0.05, 0) is 87.0 Å². The average molecular weight is 758 g/mol. The molecule has 0 N–H and O–H groups in total. The Bertz CT molecular complexity index is 3480. The summed E-state index contributed by atoms with van der Waals surface area (Å²) in [5.74, 6) is 1.74. The summed E-state index contributed by atoms with van der Waals surface area (Å²) < 4.78 is 12.8. The van der Waals surface area contributed by atoms with Crippen LogP contribution >= 0.6 is 0 Å². The third-order valence-corrected chi connectivity index (χ3v) is 12.2. The Labute approximate surface area is 340 Å². The number of nitrogens with zero attached hydrogens (tertiary/aromatic N) is 3. The molecule has 8 aromatic carbocycles. The normalized spacial score (nSPS) is 13.1. The molecule has 0 atom stereocenters. The maximum absolute atomic E-state index is 6.53. The first-order chi connectivity index (χ1) is 29.0. The van der Waals surface area contributed by atoms with Gasteiger partial charge in [-0.1, -0.05) is 147 Å². The SMILES string of the molecule is CC1(C)c2ccccc2-c2cc(-c3cccc(-c4ccc5oc6cccc(-c7nc(-c8ccccc8)nc(-c8cccc9oc%10ccccc%10c89)n7)c6c5c4)c3)ccc21. The van der Waals surface area contributed by atoms with E-state index in [1.807, 2.05) is 72.8 Å². The number of aromatic nitrogens is 3. The van der Waals surface area contributed by atoms with Crippen molar-refractivity contribution in [2.24, 2.45) is 0 Å². The zero-order valence-corrected chi connectivity index (χ0v) is 32.4. The molecule has 12 rings (SSSR count). The van der Waals surface area contributed by atoms with Gasteiger partial charge in [0.1, 0.15) is 22.3 Å². The summed E-state index contributed by atoms with van der Waals surface area (Å²) >= 11 is 0. The number of hydrogen-bond donors (Lipinski definition) is 0. The fourth-order valence-electron chi connectivity index (χ4n) is 9.26.